The first-order valence-corrected chi connectivity index (χ1v) is 7.00. The van der Waals surface area contributed by atoms with Gasteiger partial charge in [0.2, 0.25) is 0 Å². The van der Waals surface area contributed by atoms with Crippen LogP contribution in [0.4, 0.5) is 5.82 Å². The Morgan fingerprint density at radius 2 is 1.85 bits per heavy atom. The first-order chi connectivity index (χ1) is 9.47. The Bertz CT molecular complexity index is 824. The molecule has 0 fully saturated rings. The lowest BCUT2D eigenvalue weighted by molar-refractivity contribution is 1.20. The summed E-state index contributed by atoms with van der Waals surface area (Å²) >= 11 is 18.3. The Balaban J connectivity index is 2.29. The smallest absolute Gasteiger partial charge is 0.158 e. The molecule has 2 aromatic heterocycles. The number of anilines is 1. The van der Waals surface area contributed by atoms with Gasteiger partial charge in [0.25, 0.3) is 0 Å². The summed E-state index contributed by atoms with van der Waals surface area (Å²) in [5.74, 6) is 0.476. The second-order valence-corrected chi connectivity index (χ2v) is 5.76. The maximum absolute atomic E-state index is 6.15. The van der Waals surface area contributed by atoms with Gasteiger partial charge in [0.15, 0.2) is 5.65 Å². The van der Waals surface area contributed by atoms with Gasteiger partial charge in [-0.25, -0.2) is 4.98 Å². The zero-order chi connectivity index (χ0) is 14.4. The lowest BCUT2D eigenvalue weighted by Crippen LogP contribution is -1.94. The van der Waals surface area contributed by atoms with Gasteiger partial charge in [-0.15, -0.1) is 0 Å². The van der Waals surface area contributed by atoms with Crippen LogP contribution in [0.3, 0.4) is 0 Å². The highest BCUT2D eigenvalue weighted by Crippen LogP contribution is 2.32. The van der Waals surface area contributed by atoms with Crippen molar-refractivity contribution in [3.8, 4) is 11.3 Å². The standard InChI is InChI=1S/C14H10Cl3N3/c1-7-2-3-8(4-10(7)16)12-13(18)20-6-9(15)5-11(17)14(20)19-12/h2-6H,18H2,1H3. The lowest BCUT2D eigenvalue weighted by atomic mass is 10.1. The summed E-state index contributed by atoms with van der Waals surface area (Å²) in [5, 5.41) is 1.62. The van der Waals surface area contributed by atoms with E-state index in [9.17, 15) is 0 Å². The molecular formula is C14H10Cl3N3. The molecule has 0 aliphatic carbocycles. The SMILES string of the molecule is Cc1ccc(-c2nc3c(Cl)cc(Cl)cn3c2N)cc1Cl. The zero-order valence-corrected chi connectivity index (χ0v) is 12.8. The number of hydrogen-bond acceptors (Lipinski definition) is 2. The van der Waals surface area contributed by atoms with Gasteiger partial charge in [0, 0.05) is 16.8 Å². The van der Waals surface area contributed by atoms with Crippen LogP contribution in [0.15, 0.2) is 30.5 Å². The van der Waals surface area contributed by atoms with Crippen LogP contribution in [0.25, 0.3) is 16.9 Å². The molecule has 0 amide bonds. The summed E-state index contributed by atoms with van der Waals surface area (Å²) in [6.07, 6.45) is 1.68. The average molecular weight is 327 g/mol. The Morgan fingerprint density at radius 1 is 1.10 bits per heavy atom. The minimum atomic E-state index is 0.452. The fourth-order valence-corrected chi connectivity index (χ4v) is 2.74. The largest absolute Gasteiger partial charge is 0.383 e. The van der Waals surface area contributed by atoms with Crippen LogP contribution in [0.5, 0.6) is 0 Å². The minimum absolute atomic E-state index is 0.452. The summed E-state index contributed by atoms with van der Waals surface area (Å²) < 4.78 is 1.67. The van der Waals surface area contributed by atoms with Crippen LogP contribution in [0, 0.1) is 6.92 Å². The number of aryl methyl sites for hydroxylation is 1. The molecule has 0 bridgehead atoms. The zero-order valence-electron chi connectivity index (χ0n) is 10.5. The van der Waals surface area contributed by atoms with E-state index in [4.69, 9.17) is 40.5 Å². The molecule has 3 nitrogen and oxygen atoms in total. The number of imidazole rings is 1. The highest BCUT2D eigenvalue weighted by molar-refractivity contribution is 6.36. The van der Waals surface area contributed by atoms with Crippen molar-refractivity contribution in [1.29, 1.82) is 0 Å². The number of fused-ring (bicyclic) bond motifs is 1. The number of pyridine rings is 1. The van der Waals surface area contributed by atoms with E-state index in [1.807, 2.05) is 25.1 Å². The van der Waals surface area contributed by atoms with Crippen molar-refractivity contribution in [2.24, 2.45) is 0 Å². The molecule has 2 heterocycles. The van der Waals surface area contributed by atoms with Gasteiger partial charge >= 0.3 is 0 Å². The maximum Gasteiger partial charge on any atom is 0.158 e. The van der Waals surface area contributed by atoms with Gasteiger partial charge in [0.05, 0.1) is 10.0 Å². The predicted molar refractivity (Wildman–Crippen MR) is 84.8 cm³/mol. The first-order valence-electron chi connectivity index (χ1n) is 5.86. The average Bonchev–Trinajstić information content (AvgIpc) is 2.71. The van der Waals surface area contributed by atoms with Crippen molar-refractivity contribution in [2.45, 2.75) is 6.92 Å². The summed E-state index contributed by atoms with van der Waals surface area (Å²) in [5.41, 5.74) is 9.18. The molecule has 0 spiro atoms. The number of aromatic nitrogens is 2. The molecule has 3 aromatic rings. The number of nitrogens with zero attached hydrogens (tertiary/aromatic N) is 2. The molecule has 0 radical (unpaired) electrons. The molecule has 1 aromatic carbocycles. The maximum atomic E-state index is 6.15. The van der Waals surface area contributed by atoms with E-state index in [2.05, 4.69) is 4.98 Å². The predicted octanol–water partition coefficient (Wildman–Crippen LogP) is 4.85. The first kappa shape index (κ1) is 13.6. The van der Waals surface area contributed by atoms with E-state index in [0.717, 1.165) is 11.1 Å². The van der Waals surface area contributed by atoms with Crippen LogP contribution in [-0.4, -0.2) is 9.38 Å². The Morgan fingerprint density at radius 3 is 2.55 bits per heavy atom. The van der Waals surface area contributed by atoms with Gasteiger partial charge < -0.3 is 5.73 Å². The molecule has 0 aliphatic heterocycles. The van der Waals surface area contributed by atoms with Crippen molar-refractivity contribution in [3.05, 3.63) is 51.1 Å². The molecule has 0 unspecified atom stereocenters. The summed E-state index contributed by atoms with van der Waals surface area (Å²) in [4.78, 5) is 4.48. The van der Waals surface area contributed by atoms with E-state index in [1.54, 1.807) is 16.7 Å². The van der Waals surface area contributed by atoms with Crippen molar-refractivity contribution >= 4 is 46.3 Å². The molecule has 0 atom stereocenters. The van der Waals surface area contributed by atoms with Gasteiger partial charge in [-0.1, -0.05) is 46.9 Å². The van der Waals surface area contributed by atoms with Gasteiger partial charge in [-0.05, 0) is 24.6 Å². The van der Waals surface area contributed by atoms with Crippen molar-refractivity contribution < 1.29 is 0 Å². The Kier molecular flexibility index (Phi) is 3.28. The molecule has 0 saturated carbocycles. The normalized spacial score (nSPS) is 11.2. The topological polar surface area (TPSA) is 43.3 Å². The molecule has 20 heavy (non-hydrogen) atoms. The minimum Gasteiger partial charge on any atom is -0.383 e. The monoisotopic (exact) mass is 325 g/mol. The van der Waals surface area contributed by atoms with Crippen LogP contribution in [0.2, 0.25) is 15.1 Å². The van der Waals surface area contributed by atoms with Crippen LogP contribution >= 0.6 is 34.8 Å². The quantitative estimate of drug-likeness (QED) is 0.694. The van der Waals surface area contributed by atoms with E-state index in [0.29, 0.717) is 32.2 Å². The van der Waals surface area contributed by atoms with Crippen molar-refractivity contribution in [2.75, 3.05) is 5.73 Å². The fraction of sp³-hybridized carbons (Fsp3) is 0.0714. The van der Waals surface area contributed by atoms with Gasteiger partial charge in [0.1, 0.15) is 11.5 Å². The number of nitrogen functional groups attached to an aromatic ring is 1. The molecular weight excluding hydrogens is 317 g/mol. The van der Waals surface area contributed by atoms with Crippen molar-refractivity contribution in [3.63, 3.8) is 0 Å². The number of nitrogens with two attached hydrogens (primary N) is 1. The van der Waals surface area contributed by atoms with Crippen LogP contribution < -0.4 is 5.73 Å². The Labute approximate surface area is 130 Å². The third-order valence-electron chi connectivity index (χ3n) is 3.12. The van der Waals surface area contributed by atoms with Gasteiger partial charge in [-0.2, -0.15) is 0 Å². The number of hydrogen-bond donors (Lipinski definition) is 1. The second-order valence-electron chi connectivity index (χ2n) is 4.51. The van der Waals surface area contributed by atoms with E-state index >= 15 is 0 Å². The van der Waals surface area contributed by atoms with E-state index in [-0.39, 0.29) is 0 Å². The van der Waals surface area contributed by atoms with E-state index in [1.165, 1.54) is 0 Å². The summed E-state index contributed by atoms with van der Waals surface area (Å²) in [6.45, 7) is 1.94. The highest BCUT2D eigenvalue weighted by atomic mass is 35.5. The number of rotatable bonds is 1. The fourth-order valence-electron chi connectivity index (χ4n) is 2.04. The lowest BCUT2D eigenvalue weighted by Gasteiger charge is -2.02. The summed E-state index contributed by atoms with van der Waals surface area (Å²) in [7, 11) is 0. The summed E-state index contributed by atoms with van der Waals surface area (Å²) in [6, 6.07) is 7.33. The number of benzene rings is 1. The second kappa shape index (κ2) is 4.85. The molecule has 0 saturated heterocycles. The van der Waals surface area contributed by atoms with Crippen LogP contribution in [0.1, 0.15) is 5.56 Å². The Hall–Kier alpha value is -1.42. The molecule has 0 aliphatic rings. The molecule has 3 rings (SSSR count). The molecule has 6 heteroatoms. The molecule has 2 N–H and O–H groups in total. The highest BCUT2D eigenvalue weighted by Gasteiger charge is 2.14. The van der Waals surface area contributed by atoms with Gasteiger partial charge in [-0.3, -0.25) is 4.40 Å². The molecule has 102 valence electrons. The third kappa shape index (κ3) is 2.12. The van der Waals surface area contributed by atoms with E-state index < -0.39 is 0 Å². The number of halogens is 3. The van der Waals surface area contributed by atoms with Crippen molar-refractivity contribution in [1.82, 2.24) is 9.38 Å². The third-order valence-corrected chi connectivity index (χ3v) is 4.02. The van der Waals surface area contributed by atoms with Crippen LogP contribution in [-0.2, 0) is 0 Å².